The zero-order chi connectivity index (χ0) is 22.9. The number of benzene rings is 1. The van der Waals surface area contributed by atoms with Crippen LogP contribution in [0.25, 0.3) is 16.8 Å². The van der Waals surface area contributed by atoms with Crippen LogP contribution in [0, 0.1) is 5.82 Å². The van der Waals surface area contributed by atoms with Gasteiger partial charge < -0.3 is 14.6 Å². The summed E-state index contributed by atoms with van der Waals surface area (Å²) >= 11 is 0. The zero-order valence-corrected chi connectivity index (χ0v) is 17.8. The summed E-state index contributed by atoms with van der Waals surface area (Å²) in [6, 6.07) is 6.44. The topological polar surface area (TPSA) is 115 Å². The molecule has 1 amide bonds. The second-order valence-corrected chi connectivity index (χ2v) is 8.32. The quantitative estimate of drug-likeness (QED) is 0.462. The van der Waals surface area contributed by atoms with Gasteiger partial charge in [-0.25, -0.2) is 13.9 Å². The molecule has 0 bridgehead atoms. The lowest BCUT2D eigenvalue weighted by Crippen LogP contribution is -2.24. The number of nitrogens with zero attached hydrogens (tertiary/aromatic N) is 5. The van der Waals surface area contributed by atoms with Gasteiger partial charge in [-0.1, -0.05) is 38.1 Å². The molecule has 32 heavy (non-hydrogen) atoms. The number of amides is 1. The second-order valence-electron chi connectivity index (χ2n) is 8.32. The van der Waals surface area contributed by atoms with E-state index in [0.29, 0.717) is 28.2 Å². The summed E-state index contributed by atoms with van der Waals surface area (Å²) in [4.78, 5) is 31.5. The van der Waals surface area contributed by atoms with Crippen LogP contribution in [0.3, 0.4) is 0 Å². The predicted molar refractivity (Wildman–Crippen MR) is 112 cm³/mol. The third-order valence-corrected chi connectivity index (χ3v) is 4.82. The lowest BCUT2D eigenvalue weighted by molar-refractivity contribution is -0.107. The highest BCUT2D eigenvalue weighted by molar-refractivity contribution is 5.90. The molecule has 0 atom stereocenters. The molecule has 164 valence electrons. The molecule has 0 unspecified atom stereocenters. The number of fused-ring (bicyclic) bond motifs is 1. The van der Waals surface area contributed by atoms with Crippen molar-refractivity contribution in [1.82, 2.24) is 30.1 Å². The first-order valence-corrected chi connectivity index (χ1v) is 9.93. The minimum atomic E-state index is -0.555. The van der Waals surface area contributed by atoms with E-state index in [-0.39, 0.29) is 24.2 Å². The number of nitrogens with one attached hydrogen (secondary N) is 1. The Bertz CT molecular complexity index is 1300. The van der Waals surface area contributed by atoms with Gasteiger partial charge in [0.05, 0.1) is 11.2 Å². The van der Waals surface area contributed by atoms with Crippen molar-refractivity contribution in [2.24, 2.45) is 0 Å². The van der Waals surface area contributed by atoms with Crippen LogP contribution < -0.4 is 5.32 Å². The zero-order valence-electron chi connectivity index (χ0n) is 17.8. The van der Waals surface area contributed by atoms with E-state index in [1.807, 2.05) is 20.8 Å². The predicted octanol–water partition coefficient (Wildman–Crippen LogP) is 2.89. The van der Waals surface area contributed by atoms with Crippen molar-refractivity contribution in [3.63, 3.8) is 0 Å². The van der Waals surface area contributed by atoms with Crippen LogP contribution in [0.15, 0.2) is 41.3 Å². The van der Waals surface area contributed by atoms with E-state index in [1.165, 1.54) is 12.4 Å². The molecule has 1 N–H and O–H groups in total. The van der Waals surface area contributed by atoms with Gasteiger partial charge in [-0.05, 0) is 17.7 Å². The van der Waals surface area contributed by atoms with Gasteiger partial charge in [0.15, 0.2) is 0 Å². The first kappa shape index (κ1) is 21.3. The van der Waals surface area contributed by atoms with Crippen LogP contribution in [-0.2, 0) is 23.2 Å². The lowest BCUT2D eigenvalue weighted by atomic mass is 9.97. The normalized spacial score (nSPS) is 11.6. The summed E-state index contributed by atoms with van der Waals surface area (Å²) in [5.41, 5.74) is 2.45. The molecule has 0 aliphatic carbocycles. The summed E-state index contributed by atoms with van der Waals surface area (Å²) in [6.45, 7) is 5.63. The van der Waals surface area contributed by atoms with Crippen molar-refractivity contribution in [2.75, 3.05) is 0 Å². The van der Waals surface area contributed by atoms with Gasteiger partial charge in [0.2, 0.25) is 5.89 Å². The summed E-state index contributed by atoms with van der Waals surface area (Å²) in [6.07, 6.45) is 4.17. The SMILES string of the molecule is CC(C)(C)c1nc(C(=O)NCc2ccc(-c3ncnn4cc(CC=O)cc34)cc2F)no1. The number of hydrogen-bond acceptors (Lipinski definition) is 7. The van der Waals surface area contributed by atoms with Gasteiger partial charge >= 0.3 is 0 Å². The van der Waals surface area contributed by atoms with E-state index in [4.69, 9.17) is 4.52 Å². The molecule has 10 heteroatoms. The third-order valence-electron chi connectivity index (χ3n) is 4.82. The van der Waals surface area contributed by atoms with Gasteiger partial charge in [-0.3, -0.25) is 4.79 Å². The molecule has 3 heterocycles. The van der Waals surface area contributed by atoms with Gasteiger partial charge in [-0.15, -0.1) is 0 Å². The largest absolute Gasteiger partial charge is 0.345 e. The van der Waals surface area contributed by atoms with Crippen molar-refractivity contribution in [3.05, 3.63) is 65.4 Å². The average molecular weight is 436 g/mol. The van der Waals surface area contributed by atoms with E-state index >= 15 is 0 Å². The maximum absolute atomic E-state index is 14.8. The average Bonchev–Trinajstić information content (AvgIpc) is 3.39. The molecule has 0 saturated heterocycles. The Hall–Kier alpha value is -3.95. The molecule has 0 fully saturated rings. The maximum atomic E-state index is 14.8. The van der Waals surface area contributed by atoms with Gasteiger partial charge in [0, 0.05) is 35.7 Å². The number of halogens is 1. The fourth-order valence-electron chi connectivity index (χ4n) is 3.13. The number of aldehydes is 1. The highest BCUT2D eigenvalue weighted by Crippen LogP contribution is 2.25. The highest BCUT2D eigenvalue weighted by Gasteiger charge is 2.24. The number of hydrogen-bond donors (Lipinski definition) is 1. The van der Waals surface area contributed by atoms with Crippen molar-refractivity contribution < 1.29 is 18.5 Å². The molecule has 9 nitrogen and oxygen atoms in total. The Labute approximate surface area is 182 Å². The van der Waals surface area contributed by atoms with Gasteiger partial charge in [0.1, 0.15) is 18.4 Å². The summed E-state index contributed by atoms with van der Waals surface area (Å²) in [5, 5.41) is 10.4. The van der Waals surface area contributed by atoms with Crippen molar-refractivity contribution >= 4 is 17.7 Å². The van der Waals surface area contributed by atoms with Crippen molar-refractivity contribution in [3.8, 4) is 11.3 Å². The highest BCUT2D eigenvalue weighted by atomic mass is 19.1. The van der Waals surface area contributed by atoms with Crippen LogP contribution in [0.4, 0.5) is 4.39 Å². The molecule has 0 saturated carbocycles. The fourth-order valence-corrected chi connectivity index (χ4v) is 3.13. The van der Waals surface area contributed by atoms with Crippen molar-refractivity contribution in [2.45, 2.75) is 39.2 Å². The maximum Gasteiger partial charge on any atom is 0.292 e. The number of carbonyl (C=O) groups excluding carboxylic acids is 2. The molecule has 0 aliphatic heterocycles. The molecular formula is C22H21FN6O3. The van der Waals surface area contributed by atoms with Crippen LogP contribution in [0.1, 0.15) is 48.4 Å². The monoisotopic (exact) mass is 436 g/mol. The third kappa shape index (κ3) is 4.25. The molecule has 0 aliphatic rings. The second kappa shape index (κ2) is 8.29. The van der Waals surface area contributed by atoms with E-state index in [2.05, 4.69) is 25.5 Å². The Kier molecular flexibility index (Phi) is 5.52. The first-order valence-electron chi connectivity index (χ1n) is 9.93. The van der Waals surface area contributed by atoms with Crippen LogP contribution >= 0.6 is 0 Å². The molecular weight excluding hydrogens is 415 g/mol. The van der Waals surface area contributed by atoms with Crippen LogP contribution in [0.5, 0.6) is 0 Å². The minimum Gasteiger partial charge on any atom is -0.345 e. The molecule has 1 aromatic carbocycles. The molecule has 3 aromatic heterocycles. The molecule has 4 aromatic rings. The first-order chi connectivity index (χ1) is 15.3. The van der Waals surface area contributed by atoms with E-state index < -0.39 is 11.7 Å². The van der Waals surface area contributed by atoms with Crippen LogP contribution in [-0.4, -0.2) is 36.9 Å². The molecule has 0 spiro atoms. The summed E-state index contributed by atoms with van der Waals surface area (Å²) < 4.78 is 21.5. The number of rotatable bonds is 6. The standard InChI is InChI=1S/C22H21FN6O3/c1-22(2,3)21-27-19(28-32-21)20(31)24-10-15-5-4-14(9-16(15)23)18-17-8-13(6-7-30)11-29(17)26-12-25-18/h4-5,7-9,11-12H,6,10H2,1-3H3,(H,24,31). The lowest BCUT2D eigenvalue weighted by Gasteiger charge is -2.10. The van der Waals surface area contributed by atoms with E-state index in [9.17, 15) is 14.0 Å². The Morgan fingerprint density at radius 3 is 2.78 bits per heavy atom. The Balaban J connectivity index is 1.52. The number of aromatic nitrogens is 5. The Morgan fingerprint density at radius 1 is 1.28 bits per heavy atom. The Morgan fingerprint density at radius 2 is 2.09 bits per heavy atom. The van der Waals surface area contributed by atoms with E-state index in [0.717, 1.165) is 11.8 Å². The van der Waals surface area contributed by atoms with Crippen molar-refractivity contribution in [1.29, 1.82) is 0 Å². The molecule has 0 radical (unpaired) electrons. The summed E-state index contributed by atoms with van der Waals surface area (Å²) in [7, 11) is 0. The van der Waals surface area contributed by atoms with Gasteiger partial charge in [-0.2, -0.15) is 10.1 Å². The smallest absolute Gasteiger partial charge is 0.292 e. The molecule has 4 rings (SSSR count). The van der Waals surface area contributed by atoms with E-state index in [1.54, 1.807) is 28.9 Å². The summed E-state index contributed by atoms with van der Waals surface area (Å²) in [5.74, 6) is -0.811. The van der Waals surface area contributed by atoms with Gasteiger partial charge in [0.25, 0.3) is 11.7 Å². The fraction of sp³-hybridized carbons (Fsp3) is 0.273. The number of carbonyl (C=O) groups is 2. The minimum absolute atomic E-state index is 0.0435. The van der Waals surface area contributed by atoms with Crippen LogP contribution in [0.2, 0.25) is 0 Å².